The van der Waals surface area contributed by atoms with E-state index in [0.29, 0.717) is 6.04 Å². The topological polar surface area (TPSA) is 29.9 Å². The molecule has 0 amide bonds. The molecule has 1 saturated carbocycles. The van der Waals surface area contributed by atoms with Crippen LogP contribution < -0.4 is 5.32 Å². The van der Waals surface area contributed by atoms with Crippen molar-refractivity contribution in [1.29, 1.82) is 0 Å². The first-order valence-electron chi connectivity index (χ1n) is 7.54. The molecule has 0 saturated heterocycles. The van der Waals surface area contributed by atoms with Crippen LogP contribution in [0.1, 0.15) is 30.5 Å². The highest BCUT2D eigenvalue weighted by Crippen LogP contribution is 2.28. The zero-order chi connectivity index (χ0) is 13.8. The van der Waals surface area contributed by atoms with Crippen LogP contribution in [0.4, 0.5) is 0 Å². The van der Waals surface area contributed by atoms with Gasteiger partial charge in [0.1, 0.15) is 0 Å². The van der Waals surface area contributed by atoms with Crippen LogP contribution in [0.25, 0.3) is 0 Å². The van der Waals surface area contributed by atoms with Crippen LogP contribution in [0.15, 0.2) is 42.9 Å². The molecule has 1 fully saturated rings. The van der Waals surface area contributed by atoms with Gasteiger partial charge >= 0.3 is 0 Å². The first kappa shape index (κ1) is 13.4. The van der Waals surface area contributed by atoms with Gasteiger partial charge in [0.15, 0.2) is 0 Å². The summed E-state index contributed by atoms with van der Waals surface area (Å²) in [4.78, 5) is 4.16. The Morgan fingerprint density at radius 1 is 1.25 bits per heavy atom. The Kier molecular flexibility index (Phi) is 4.16. The third-order valence-electron chi connectivity index (χ3n) is 4.40. The van der Waals surface area contributed by atoms with Crippen molar-refractivity contribution in [3.8, 4) is 0 Å². The summed E-state index contributed by atoms with van der Waals surface area (Å²) in [6.07, 6.45) is 8.98. The Morgan fingerprint density at radius 3 is 2.85 bits per heavy atom. The molecule has 20 heavy (non-hydrogen) atoms. The van der Waals surface area contributed by atoms with Gasteiger partial charge < -0.3 is 9.88 Å². The number of aryl methyl sites for hydroxylation is 1. The Balaban J connectivity index is 1.46. The molecule has 1 N–H and O–H groups in total. The Morgan fingerprint density at radius 2 is 2.10 bits per heavy atom. The molecule has 3 rings (SSSR count). The molecule has 0 spiro atoms. The lowest BCUT2D eigenvalue weighted by atomic mass is 9.98. The molecule has 0 radical (unpaired) electrons. The highest BCUT2D eigenvalue weighted by Gasteiger charge is 2.24. The number of benzene rings is 1. The fraction of sp³-hybridized carbons (Fsp3) is 0.471. The summed E-state index contributed by atoms with van der Waals surface area (Å²) in [5.41, 5.74) is 2.74. The highest BCUT2D eigenvalue weighted by atomic mass is 15.0. The first-order chi connectivity index (χ1) is 9.81. The summed E-state index contributed by atoms with van der Waals surface area (Å²) in [6, 6.07) is 11.5. The maximum Gasteiger partial charge on any atom is 0.0945 e. The minimum atomic E-state index is 0.665. The van der Waals surface area contributed by atoms with Gasteiger partial charge in [0.2, 0.25) is 0 Å². The molecule has 2 aromatic rings. The van der Waals surface area contributed by atoms with Gasteiger partial charge in [-0.2, -0.15) is 0 Å². The predicted octanol–water partition coefficient (Wildman–Crippen LogP) is 2.92. The van der Waals surface area contributed by atoms with Crippen molar-refractivity contribution >= 4 is 0 Å². The molecule has 0 unspecified atom stereocenters. The molecule has 1 heterocycles. The molecular weight excluding hydrogens is 246 g/mol. The zero-order valence-electron chi connectivity index (χ0n) is 12.1. The highest BCUT2D eigenvalue weighted by molar-refractivity contribution is 5.15. The fourth-order valence-electron chi connectivity index (χ4n) is 3.20. The maximum absolute atomic E-state index is 4.16. The molecule has 2 atom stereocenters. The van der Waals surface area contributed by atoms with Crippen LogP contribution in [0.2, 0.25) is 0 Å². The summed E-state index contributed by atoms with van der Waals surface area (Å²) < 4.78 is 2.09. The van der Waals surface area contributed by atoms with E-state index in [1.807, 2.05) is 12.5 Å². The average molecular weight is 269 g/mol. The smallest absolute Gasteiger partial charge is 0.0945 e. The minimum absolute atomic E-state index is 0.665. The van der Waals surface area contributed by atoms with E-state index in [4.69, 9.17) is 0 Å². The van der Waals surface area contributed by atoms with Crippen LogP contribution in [-0.4, -0.2) is 15.6 Å². The van der Waals surface area contributed by atoms with Gasteiger partial charge in [0.25, 0.3) is 0 Å². The van der Waals surface area contributed by atoms with Crippen LogP contribution in [0, 0.1) is 5.92 Å². The number of hydrogen-bond acceptors (Lipinski definition) is 2. The molecule has 3 nitrogen and oxygen atoms in total. The largest absolute Gasteiger partial charge is 0.337 e. The molecule has 1 aliphatic carbocycles. The van der Waals surface area contributed by atoms with Gasteiger partial charge in [0, 0.05) is 25.8 Å². The lowest BCUT2D eigenvalue weighted by Crippen LogP contribution is -2.26. The van der Waals surface area contributed by atoms with Crippen LogP contribution in [-0.2, 0) is 20.0 Å². The summed E-state index contributed by atoms with van der Waals surface area (Å²) in [5.74, 6) is 0.835. The van der Waals surface area contributed by atoms with Gasteiger partial charge in [0.05, 0.1) is 12.0 Å². The third-order valence-corrected chi connectivity index (χ3v) is 4.40. The Hall–Kier alpha value is -1.61. The number of aromatic nitrogens is 2. The third kappa shape index (κ3) is 3.28. The standard InChI is InChI=1S/C17H23N3/c1-20-13-18-11-17(20)12-19-16-8-7-15(10-16)9-14-5-3-2-4-6-14/h2-6,11,13,15-16,19H,7-10,12H2,1H3/t15-,16-/m1/s1. The van der Waals surface area contributed by atoms with Crippen LogP contribution in [0.3, 0.4) is 0 Å². The molecule has 0 bridgehead atoms. The molecule has 3 heteroatoms. The lowest BCUT2D eigenvalue weighted by Gasteiger charge is -2.13. The number of imidazole rings is 1. The van der Waals surface area contributed by atoms with Gasteiger partial charge in [-0.15, -0.1) is 0 Å². The zero-order valence-corrected chi connectivity index (χ0v) is 12.1. The van der Waals surface area contributed by atoms with Crippen molar-refractivity contribution in [2.45, 2.75) is 38.3 Å². The second kappa shape index (κ2) is 6.23. The van der Waals surface area contributed by atoms with Gasteiger partial charge in [-0.25, -0.2) is 4.98 Å². The SMILES string of the molecule is Cn1cncc1CN[C@@H]1CC[C@H](Cc2ccccc2)C1. The van der Waals surface area contributed by atoms with E-state index in [-0.39, 0.29) is 0 Å². The summed E-state index contributed by atoms with van der Waals surface area (Å²) in [6.45, 7) is 0.930. The minimum Gasteiger partial charge on any atom is -0.337 e. The summed E-state index contributed by atoms with van der Waals surface area (Å²) >= 11 is 0. The Bertz CT molecular complexity index is 532. The van der Waals surface area contributed by atoms with E-state index in [0.717, 1.165) is 12.5 Å². The van der Waals surface area contributed by atoms with E-state index in [2.05, 4.69) is 52.2 Å². The van der Waals surface area contributed by atoms with Crippen molar-refractivity contribution in [2.24, 2.45) is 13.0 Å². The maximum atomic E-state index is 4.16. The number of nitrogens with one attached hydrogen (secondary N) is 1. The van der Waals surface area contributed by atoms with Crippen molar-refractivity contribution in [3.05, 3.63) is 54.1 Å². The van der Waals surface area contributed by atoms with Crippen molar-refractivity contribution in [3.63, 3.8) is 0 Å². The van der Waals surface area contributed by atoms with Crippen molar-refractivity contribution < 1.29 is 0 Å². The van der Waals surface area contributed by atoms with E-state index < -0.39 is 0 Å². The number of rotatable bonds is 5. The second-order valence-electron chi connectivity index (χ2n) is 5.94. The molecule has 1 aromatic heterocycles. The van der Waals surface area contributed by atoms with E-state index in [1.54, 1.807) is 0 Å². The van der Waals surface area contributed by atoms with Gasteiger partial charge in [-0.05, 0) is 37.2 Å². The summed E-state index contributed by atoms with van der Waals surface area (Å²) in [7, 11) is 2.05. The van der Waals surface area contributed by atoms with Crippen molar-refractivity contribution in [1.82, 2.24) is 14.9 Å². The predicted molar refractivity (Wildman–Crippen MR) is 81.3 cm³/mol. The molecule has 0 aliphatic heterocycles. The molecular formula is C17H23N3. The quantitative estimate of drug-likeness (QED) is 0.904. The lowest BCUT2D eigenvalue weighted by molar-refractivity contribution is 0.478. The normalized spacial score (nSPS) is 22.2. The first-order valence-corrected chi connectivity index (χ1v) is 7.54. The van der Waals surface area contributed by atoms with Crippen LogP contribution >= 0.6 is 0 Å². The second-order valence-corrected chi connectivity index (χ2v) is 5.94. The van der Waals surface area contributed by atoms with Crippen molar-refractivity contribution in [2.75, 3.05) is 0 Å². The number of hydrogen-bond donors (Lipinski definition) is 1. The summed E-state index contributed by atoms with van der Waals surface area (Å²) in [5, 5.41) is 3.68. The van der Waals surface area contributed by atoms with Gasteiger partial charge in [-0.3, -0.25) is 0 Å². The van der Waals surface area contributed by atoms with E-state index >= 15 is 0 Å². The monoisotopic (exact) mass is 269 g/mol. The fourth-order valence-corrected chi connectivity index (χ4v) is 3.20. The van der Waals surface area contributed by atoms with Crippen LogP contribution in [0.5, 0.6) is 0 Å². The van der Waals surface area contributed by atoms with E-state index in [1.165, 1.54) is 36.9 Å². The molecule has 1 aromatic carbocycles. The van der Waals surface area contributed by atoms with Gasteiger partial charge in [-0.1, -0.05) is 30.3 Å². The number of nitrogens with zero attached hydrogens (tertiary/aromatic N) is 2. The Labute approximate surface area is 121 Å². The average Bonchev–Trinajstić information content (AvgIpc) is 3.07. The van der Waals surface area contributed by atoms with E-state index in [9.17, 15) is 0 Å². The molecule has 1 aliphatic rings. The molecule has 106 valence electrons.